The number of anilines is 2. The van der Waals surface area contributed by atoms with Crippen molar-refractivity contribution < 1.29 is 14.4 Å². The highest BCUT2D eigenvalue weighted by Crippen LogP contribution is 2.13. The van der Waals surface area contributed by atoms with Gasteiger partial charge in [-0.3, -0.25) is 14.4 Å². The predicted molar refractivity (Wildman–Crippen MR) is 97.4 cm³/mol. The van der Waals surface area contributed by atoms with E-state index in [-0.39, 0.29) is 24.3 Å². The van der Waals surface area contributed by atoms with Gasteiger partial charge < -0.3 is 15.5 Å². The summed E-state index contributed by atoms with van der Waals surface area (Å²) in [7, 11) is 0. The van der Waals surface area contributed by atoms with Gasteiger partial charge in [0.25, 0.3) is 5.91 Å². The molecule has 0 atom stereocenters. The van der Waals surface area contributed by atoms with Crippen molar-refractivity contribution in [1.82, 2.24) is 4.90 Å². The Morgan fingerprint density at radius 2 is 1.44 bits per heavy atom. The number of hydrogen-bond donors (Lipinski definition) is 2. The van der Waals surface area contributed by atoms with Crippen LogP contribution in [0.3, 0.4) is 0 Å². The van der Waals surface area contributed by atoms with Crippen LogP contribution in [0.25, 0.3) is 0 Å². The molecule has 3 amide bonds. The number of benzene rings is 2. The summed E-state index contributed by atoms with van der Waals surface area (Å²) in [5.74, 6) is -0.618. The lowest BCUT2D eigenvalue weighted by molar-refractivity contribution is -0.117. The molecule has 0 saturated carbocycles. The standard InChI is InChI=1S/C19H21N3O3/c1-3-22(19(25)15-7-5-4-6-8-15)13-18(24)21-17-11-9-16(10-12-17)20-14(2)23/h4-12H,3,13H2,1-2H3,(H,20,23)(H,21,24). The molecule has 6 nitrogen and oxygen atoms in total. The molecule has 0 unspecified atom stereocenters. The summed E-state index contributed by atoms with van der Waals surface area (Å²) < 4.78 is 0. The maximum absolute atomic E-state index is 12.4. The molecular weight excluding hydrogens is 318 g/mol. The number of likely N-dealkylation sites (N-methyl/N-ethyl adjacent to an activating group) is 1. The van der Waals surface area contributed by atoms with Gasteiger partial charge in [-0.05, 0) is 43.3 Å². The van der Waals surface area contributed by atoms with E-state index in [0.29, 0.717) is 23.5 Å². The van der Waals surface area contributed by atoms with E-state index in [2.05, 4.69) is 10.6 Å². The summed E-state index contributed by atoms with van der Waals surface area (Å²) in [6.45, 7) is 3.66. The van der Waals surface area contributed by atoms with Crippen molar-refractivity contribution >= 4 is 29.1 Å². The largest absolute Gasteiger partial charge is 0.330 e. The molecule has 0 radical (unpaired) electrons. The first-order chi connectivity index (χ1) is 12.0. The number of nitrogens with one attached hydrogen (secondary N) is 2. The van der Waals surface area contributed by atoms with E-state index in [1.54, 1.807) is 48.5 Å². The summed E-state index contributed by atoms with van der Waals surface area (Å²) in [4.78, 5) is 37.1. The predicted octanol–water partition coefficient (Wildman–Crippen LogP) is 2.75. The highest BCUT2D eigenvalue weighted by molar-refractivity contribution is 5.99. The molecular formula is C19H21N3O3. The van der Waals surface area contributed by atoms with E-state index in [1.807, 2.05) is 13.0 Å². The SMILES string of the molecule is CCN(CC(=O)Nc1ccc(NC(C)=O)cc1)C(=O)c1ccccc1. The van der Waals surface area contributed by atoms with Gasteiger partial charge in [-0.15, -0.1) is 0 Å². The van der Waals surface area contributed by atoms with Crippen LogP contribution in [0.1, 0.15) is 24.2 Å². The third-order valence-electron chi connectivity index (χ3n) is 3.51. The Hall–Kier alpha value is -3.15. The zero-order valence-corrected chi connectivity index (χ0v) is 14.3. The molecule has 2 N–H and O–H groups in total. The average molecular weight is 339 g/mol. The van der Waals surface area contributed by atoms with E-state index in [9.17, 15) is 14.4 Å². The number of rotatable bonds is 6. The molecule has 0 fully saturated rings. The first-order valence-electron chi connectivity index (χ1n) is 8.01. The van der Waals surface area contributed by atoms with Gasteiger partial charge in [-0.1, -0.05) is 18.2 Å². The van der Waals surface area contributed by atoms with Crippen LogP contribution in [0.5, 0.6) is 0 Å². The van der Waals surface area contributed by atoms with E-state index < -0.39 is 0 Å². The van der Waals surface area contributed by atoms with Crippen molar-refractivity contribution in [3.8, 4) is 0 Å². The minimum absolute atomic E-state index is 0.0301. The second-order valence-electron chi connectivity index (χ2n) is 5.49. The van der Waals surface area contributed by atoms with Crippen LogP contribution in [-0.4, -0.2) is 35.7 Å². The van der Waals surface area contributed by atoms with E-state index in [4.69, 9.17) is 0 Å². The molecule has 2 aromatic rings. The van der Waals surface area contributed by atoms with Crippen molar-refractivity contribution in [2.24, 2.45) is 0 Å². The van der Waals surface area contributed by atoms with E-state index in [1.165, 1.54) is 11.8 Å². The maximum Gasteiger partial charge on any atom is 0.254 e. The Balaban J connectivity index is 1.96. The highest BCUT2D eigenvalue weighted by Gasteiger charge is 2.17. The maximum atomic E-state index is 12.4. The van der Waals surface area contributed by atoms with Crippen LogP contribution in [0, 0.1) is 0 Å². The van der Waals surface area contributed by atoms with Crippen molar-refractivity contribution in [2.75, 3.05) is 23.7 Å². The lowest BCUT2D eigenvalue weighted by Crippen LogP contribution is -2.37. The Bertz CT molecular complexity index is 742. The molecule has 0 aliphatic rings. The summed E-state index contributed by atoms with van der Waals surface area (Å²) >= 11 is 0. The van der Waals surface area contributed by atoms with Gasteiger partial charge in [0.15, 0.2) is 0 Å². The van der Waals surface area contributed by atoms with Gasteiger partial charge in [0.1, 0.15) is 6.54 Å². The molecule has 130 valence electrons. The first kappa shape index (κ1) is 18.2. The van der Waals surface area contributed by atoms with Crippen LogP contribution in [0.2, 0.25) is 0 Å². The molecule has 0 spiro atoms. The van der Waals surface area contributed by atoms with Crippen LogP contribution >= 0.6 is 0 Å². The summed E-state index contributed by atoms with van der Waals surface area (Å²) in [5, 5.41) is 5.40. The smallest absolute Gasteiger partial charge is 0.254 e. The fourth-order valence-electron chi connectivity index (χ4n) is 2.30. The number of nitrogens with zero attached hydrogens (tertiary/aromatic N) is 1. The Labute approximate surface area is 146 Å². The van der Waals surface area contributed by atoms with Crippen LogP contribution in [-0.2, 0) is 9.59 Å². The lowest BCUT2D eigenvalue weighted by atomic mass is 10.2. The Kier molecular flexibility index (Phi) is 6.28. The fraction of sp³-hybridized carbons (Fsp3) is 0.211. The van der Waals surface area contributed by atoms with Gasteiger partial charge in [0, 0.05) is 30.4 Å². The number of carbonyl (C=O) groups is 3. The third-order valence-corrected chi connectivity index (χ3v) is 3.51. The first-order valence-corrected chi connectivity index (χ1v) is 8.01. The average Bonchev–Trinajstić information content (AvgIpc) is 2.61. The van der Waals surface area contributed by atoms with Gasteiger partial charge in [0.05, 0.1) is 0 Å². The zero-order chi connectivity index (χ0) is 18.2. The number of carbonyl (C=O) groups excluding carboxylic acids is 3. The second-order valence-corrected chi connectivity index (χ2v) is 5.49. The fourth-order valence-corrected chi connectivity index (χ4v) is 2.30. The monoisotopic (exact) mass is 339 g/mol. The molecule has 0 saturated heterocycles. The minimum Gasteiger partial charge on any atom is -0.330 e. The lowest BCUT2D eigenvalue weighted by Gasteiger charge is -2.20. The molecule has 2 rings (SSSR count). The van der Waals surface area contributed by atoms with Gasteiger partial charge in [-0.25, -0.2) is 0 Å². The zero-order valence-electron chi connectivity index (χ0n) is 14.3. The third kappa shape index (κ3) is 5.46. The van der Waals surface area contributed by atoms with Crippen molar-refractivity contribution in [1.29, 1.82) is 0 Å². The van der Waals surface area contributed by atoms with E-state index >= 15 is 0 Å². The molecule has 0 aliphatic carbocycles. The second kappa shape index (κ2) is 8.63. The minimum atomic E-state index is -0.279. The highest BCUT2D eigenvalue weighted by atomic mass is 16.2. The molecule has 2 aromatic carbocycles. The molecule has 0 bridgehead atoms. The van der Waals surface area contributed by atoms with Crippen LogP contribution in [0.4, 0.5) is 11.4 Å². The number of amides is 3. The Morgan fingerprint density at radius 3 is 1.96 bits per heavy atom. The van der Waals surface area contributed by atoms with Crippen molar-refractivity contribution in [2.45, 2.75) is 13.8 Å². The summed E-state index contributed by atoms with van der Waals surface area (Å²) in [6, 6.07) is 15.7. The summed E-state index contributed by atoms with van der Waals surface area (Å²) in [5.41, 5.74) is 1.80. The molecule has 25 heavy (non-hydrogen) atoms. The Morgan fingerprint density at radius 1 is 0.880 bits per heavy atom. The van der Waals surface area contributed by atoms with Crippen molar-refractivity contribution in [3.63, 3.8) is 0 Å². The van der Waals surface area contributed by atoms with Crippen LogP contribution in [0.15, 0.2) is 54.6 Å². The normalized spacial score (nSPS) is 10.0. The molecule has 6 heteroatoms. The van der Waals surface area contributed by atoms with E-state index in [0.717, 1.165) is 0 Å². The molecule has 0 heterocycles. The quantitative estimate of drug-likeness (QED) is 0.849. The van der Waals surface area contributed by atoms with Crippen LogP contribution < -0.4 is 10.6 Å². The summed E-state index contributed by atoms with van der Waals surface area (Å²) in [6.07, 6.45) is 0. The topological polar surface area (TPSA) is 78.5 Å². The molecule has 0 aliphatic heterocycles. The number of hydrogen-bond acceptors (Lipinski definition) is 3. The van der Waals surface area contributed by atoms with Gasteiger partial charge in [-0.2, -0.15) is 0 Å². The van der Waals surface area contributed by atoms with Gasteiger partial charge >= 0.3 is 0 Å². The van der Waals surface area contributed by atoms with Crippen molar-refractivity contribution in [3.05, 3.63) is 60.2 Å². The molecule has 0 aromatic heterocycles. The van der Waals surface area contributed by atoms with Gasteiger partial charge in [0.2, 0.25) is 11.8 Å².